The van der Waals surface area contributed by atoms with Crippen LogP contribution in [0.5, 0.6) is 34.5 Å². The summed E-state index contributed by atoms with van der Waals surface area (Å²) in [5.41, 5.74) is 1.05. The molecule has 1 heterocycles. The number of ether oxygens (including phenoxy) is 6. The van der Waals surface area contributed by atoms with Crippen LogP contribution in [0.25, 0.3) is 0 Å². The van der Waals surface area contributed by atoms with Crippen molar-refractivity contribution < 1.29 is 58.6 Å². The summed E-state index contributed by atoms with van der Waals surface area (Å²) in [7, 11) is -4.81. The molecule has 0 saturated heterocycles. The van der Waals surface area contributed by atoms with Crippen molar-refractivity contribution in [3.63, 3.8) is 0 Å². The van der Waals surface area contributed by atoms with E-state index in [0.29, 0.717) is 90.5 Å². The highest BCUT2D eigenvalue weighted by atomic mass is 16.5. The summed E-state index contributed by atoms with van der Waals surface area (Å²) in [4.78, 5) is 0. The monoisotopic (exact) mass is 877 g/mol. The summed E-state index contributed by atoms with van der Waals surface area (Å²) < 4.78 is 35.9. The van der Waals surface area contributed by atoms with E-state index >= 15 is 0 Å². The van der Waals surface area contributed by atoms with Crippen LogP contribution in [0.15, 0.2) is 54.6 Å². The summed E-state index contributed by atoms with van der Waals surface area (Å²) in [5, 5.41) is 59.1. The van der Waals surface area contributed by atoms with Gasteiger partial charge in [0.1, 0.15) is 34.5 Å². The molecule has 0 fully saturated rings. The van der Waals surface area contributed by atoms with E-state index in [-0.39, 0.29) is 0 Å². The molecule has 0 atom stereocenters. The van der Waals surface area contributed by atoms with Crippen LogP contribution in [0.3, 0.4) is 0 Å². The maximum atomic E-state index is 9.84. The molecule has 1 aliphatic heterocycles. The summed E-state index contributed by atoms with van der Waals surface area (Å²) in [5.74, 6) is 3.47. The van der Waals surface area contributed by atoms with Crippen molar-refractivity contribution >= 4 is 37.7 Å². The Morgan fingerprint density at radius 3 is 0.508 bits per heavy atom. The van der Waals surface area contributed by atoms with E-state index in [1.165, 1.54) is 0 Å². The molecule has 6 bridgehead atoms. The maximum Gasteiger partial charge on any atom is 0.488 e. The molecule has 348 valence electrons. The molecule has 4 rings (SSSR count). The molecule has 0 aliphatic carbocycles. The predicted octanol–water partition coefficient (Wildman–Crippen LogP) is 6.78. The van der Waals surface area contributed by atoms with Gasteiger partial charge in [0.05, 0.1) is 39.6 Å². The number of rotatable bonds is 3. The minimum absolute atomic E-state index is 0.350. The Hall–Kier alpha value is -3.59. The summed E-state index contributed by atoms with van der Waals surface area (Å²) in [6.45, 7) is 3.31. The van der Waals surface area contributed by atoms with Crippen LogP contribution in [0.2, 0.25) is 0 Å². The highest BCUT2D eigenvalue weighted by molar-refractivity contribution is 6.59. The van der Waals surface area contributed by atoms with E-state index < -0.39 is 21.4 Å². The predicted molar refractivity (Wildman–Crippen MR) is 253 cm³/mol. The van der Waals surface area contributed by atoms with Gasteiger partial charge in [-0.1, -0.05) is 116 Å². The van der Waals surface area contributed by atoms with Crippen molar-refractivity contribution in [3.05, 3.63) is 54.6 Å². The molecule has 63 heavy (non-hydrogen) atoms. The highest BCUT2D eigenvalue weighted by Gasteiger charge is 2.17. The van der Waals surface area contributed by atoms with Gasteiger partial charge >= 0.3 is 21.4 Å². The second-order valence-electron chi connectivity index (χ2n) is 16.9. The molecule has 3 aromatic carbocycles. The fraction of sp³-hybridized carbons (Fsp3) is 0.625. The Morgan fingerprint density at radius 2 is 0.365 bits per heavy atom. The SMILES string of the molecule is OB(O)c1cc2cc(c1)OCCCCCCCCCCOc1cc(cc(B(O)O)c1)OCCCCCCCCCCOc1cc(cc(B(O)O)c1)OCCCCCCCCCCO2. The van der Waals surface area contributed by atoms with E-state index in [2.05, 4.69) is 0 Å². The zero-order valence-electron chi connectivity index (χ0n) is 37.8. The molecule has 0 amide bonds. The van der Waals surface area contributed by atoms with Gasteiger partial charge < -0.3 is 58.6 Å². The standard InChI is InChI=1S/C48H75B3O12/c52-49(53)40-31-43-37-45(33-40)60-27-21-15-9-3-4-11-17-23-29-62-47-35-42(51(56)57)36-48(39-47)63-30-24-18-12-6-5-10-16-22-28-61-46-34-41(50(54)55)32-44(38-46)59-26-20-14-8-2-1-7-13-19-25-58-43/h31-39,52-57H,1-30H2. The lowest BCUT2D eigenvalue weighted by Crippen LogP contribution is -2.30. The Balaban J connectivity index is 1.22. The Morgan fingerprint density at radius 1 is 0.222 bits per heavy atom. The van der Waals surface area contributed by atoms with Crippen LogP contribution >= 0.6 is 0 Å². The van der Waals surface area contributed by atoms with Crippen molar-refractivity contribution in [1.82, 2.24) is 0 Å². The average molecular weight is 877 g/mol. The lowest BCUT2D eigenvalue weighted by Gasteiger charge is -2.13. The Kier molecular flexibility index (Phi) is 26.5. The van der Waals surface area contributed by atoms with Crippen molar-refractivity contribution in [3.8, 4) is 34.5 Å². The molecule has 0 spiro atoms. The van der Waals surface area contributed by atoms with Gasteiger partial charge in [-0.25, -0.2) is 0 Å². The minimum atomic E-state index is -1.60. The maximum absolute atomic E-state index is 9.84. The molecule has 15 heteroatoms. The molecule has 0 saturated carbocycles. The van der Waals surface area contributed by atoms with E-state index in [1.54, 1.807) is 36.4 Å². The largest absolute Gasteiger partial charge is 0.493 e. The van der Waals surface area contributed by atoms with Gasteiger partial charge in [-0.05, 0) is 91.3 Å². The zero-order valence-corrected chi connectivity index (χ0v) is 37.8. The van der Waals surface area contributed by atoms with Gasteiger partial charge in [0.15, 0.2) is 0 Å². The van der Waals surface area contributed by atoms with Crippen LogP contribution in [0.4, 0.5) is 0 Å². The van der Waals surface area contributed by atoms with Gasteiger partial charge in [-0.15, -0.1) is 0 Å². The van der Waals surface area contributed by atoms with Gasteiger partial charge in [-0.2, -0.15) is 0 Å². The molecule has 3 aromatic rings. The quantitative estimate of drug-likeness (QED) is 0.153. The fourth-order valence-corrected chi connectivity index (χ4v) is 7.66. The normalized spacial score (nSPS) is 17.8. The minimum Gasteiger partial charge on any atom is -0.493 e. The number of hydrogen-bond acceptors (Lipinski definition) is 12. The topological polar surface area (TPSA) is 177 Å². The first-order chi connectivity index (χ1) is 30.8. The molecular formula is C48H75B3O12. The smallest absolute Gasteiger partial charge is 0.488 e. The average Bonchev–Trinajstić information content (AvgIpc) is 3.27. The number of benzene rings is 3. The molecule has 0 radical (unpaired) electrons. The van der Waals surface area contributed by atoms with Crippen molar-refractivity contribution in [2.45, 2.75) is 154 Å². The van der Waals surface area contributed by atoms with Gasteiger partial charge in [0.2, 0.25) is 0 Å². The van der Waals surface area contributed by atoms with E-state index in [9.17, 15) is 30.1 Å². The van der Waals surface area contributed by atoms with Gasteiger partial charge in [0.25, 0.3) is 0 Å². The van der Waals surface area contributed by atoms with Crippen molar-refractivity contribution in [2.75, 3.05) is 39.6 Å². The molecular weight excluding hydrogens is 801 g/mol. The van der Waals surface area contributed by atoms with Crippen LogP contribution < -0.4 is 44.8 Å². The third-order valence-corrected chi connectivity index (χ3v) is 11.3. The summed E-state index contributed by atoms with van der Waals surface area (Å²) in [6, 6.07) is 15.4. The van der Waals surface area contributed by atoms with Crippen molar-refractivity contribution in [1.29, 1.82) is 0 Å². The first kappa shape index (κ1) is 52.0. The van der Waals surface area contributed by atoms with Crippen molar-refractivity contribution in [2.24, 2.45) is 0 Å². The fourth-order valence-electron chi connectivity index (χ4n) is 7.66. The summed E-state index contributed by atoms with van der Waals surface area (Å²) >= 11 is 0. The first-order valence-corrected chi connectivity index (χ1v) is 24.1. The zero-order chi connectivity index (χ0) is 44.7. The molecule has 0 aromatic heterocycles. The molecule has 12 nitrogen and oxygen atoms in total. The lowest BCUT2D eigenvalue weighted by molar-refractivity contribution is 0.288. The third-order valence-electron chi connectivity index (χ3n) is 11.3. The summed E-state index contributed by atoms with van der Waals surface area (Å²) in [6.07, 6.45) is 25.6. The van der Waals surface area contributed by atoms with Crippen LogP contribution in [0, 0.1) is 0 Å². The van der Waals surface area contributed by atoms with E-state index in [4.69, 9.17) is 28.4 Å². The lowest BCUT2D eigenvalue weighted by atomic mass is 9.80. The van der Waals surface area contributed by atoms with Crippen LogP contribution in [-0.2, 0) is 0 Å². The van der Waals surface area contributed by atoms with Crippen LogP contribution in [0.1, 0.15) is 154 Å². The number of fused-ring (bicyclic) bond motifs is 6. The second kappa shape index (κ2) is 32.1. The Labute approximate surface area is 378 Å². The molecule has 1 aliphatic rings. The number of hydrogen-bond donors (Lipinski definition) is 6. The Bertz CT molecular complexity index is 1360. The van der Waals surface area contributed by atoms with E-state index in [1.807, 2.05) is 18.2 Å². The van der Waals surface area contributed by atoms with E-state index in [0.717, 1.165) is 154 Å². The van der Waals surface area contributed by atoms with Crippen LogP contribution in [-0.4, -0.2) is 91.1 Å². The van der Waals surface area contributed by atoms with Gasteiger partial charge in [-0.3, -0.25) is 0 Å². The second-order valence-corrected chi connectivity index (χ2v) is 16.9. The first-order valence-electron chi connectivity index (χ1n) is 24.1. The molecule has 6 N–H and O–H groups in total. The van der Waals surface area contributed by atoms with Gasteiger partial charge in [0, 0.05) is 18.2 Å². The third kappa shape index (κ3) is 23.3. The highest BCUT2D eigenvalue weighted by Crippen LogP contribution is 2.23. The molecule has 0 unspecified atom stereocenters.